The van der Waals surface area contributed by atoms with Gasteiger partial charge in [0.1, 0.15) is 18.1 Å². The number of unbranched alkanes of at least 4 members (excludes halogenated alkanes) is 1. The second-order valence-electron chi connectivity index (χ2n) is 9.96. The smallest absolute Gasteiger partial charge is 0.326 e. The van der Waals surface area contributed by atoms with Crippen molar-refractivity contribution in [2.45, 2.75) is 76.5 Å². The van der Waals surface area contributed by atoms with Crippen molar-refractivity contribution in [3.63, 3.8) is 0 Å². The fourth-order valence-corrected chi connectivity index (χ4v) is 4.29. The van der Waals surface area contributed by atoms with E-state index in [0.29, 0.717) is 25.8 Å². The van der Waals surface area contributed by atoms with Crippen molar-refractivity contribution in [3.8, 4) is 0 Å². The first-order chi connectivity index (χ1) is 19.0. The number of aromatic nitrogens is 1. The Hall–Kier alpha value is -3.97. The van der Waals surface area contributed by atoms with E-state index < -0.39 is 66.1 Å². The Balaban J connectivity index is 2.13. The highest BCUT2D eigenvalue weighted by Gasteiger charge is 2.33. The molecule has 40 heavy (non-hydrogen) atoms. The van der Waals surface area contributed by atoms with Crippen LogP contribution in [0.3, 0.4) is 0 Å². The molecule has 0 fully saturated rings. The number of hydrogen-bond donors (Lipinski definition) is 8. The van der Waals surface area contributed by atoms with E-state index in [1.165, 1.54) is 0 Å². The number of carboxylic acid groups (broad SMARTS) is 1. The lowest BCUT2D eigenvalue weighted by atomic mass is 9.96. The van der Waals surface area contributed by atoms with Crippen LogP contribution in [0.4, 0.5) is 0 Å². The molecule has 0 radical (unpaired) electrons. The molecule has 1 aromatic heterocycles. The van der Waals surface area contributed by atoms with Gasteiger partial charge in [-0.2, -0.15) is 0 Å². The maximum atomic E-state index is 13.2. The van der Waals surface area contributed by atoms with Gasteiger partial charge in [-0.25, -0.2) is 4.79 Å². The summed E-state index contributed by atoms with van der Waals surface area (Å²) in [5.41, 5.74) is 18.6. The van der Waals surface area contributed by atoms with Crippen LogP contribution in [0, 0.1) is 5.92 Å². The lowest BCUT2D eigenvalue weighted by Crippen LogP contribution is -2.59. The molecular formula is C27H41N7O6. The summed E-state index contributed by atoms with van der Waals surface area (Å²) >= 11 is 0. The van der Waals surface area contributed by atoms with Crippen LogP contribution in [-0.2, 0) is 30.4 Å². The van der Waals surface area contributed by atoms with E-state index in [1.807, 2.05) is 24.3 Å². The molecule has 0 saturated carbocycles. The summed E-state index contributed by atoms with van der Waals surface area (Å²) in [6.45, 7) is 3.91. The molecule has 0 spiro atoms. The first-order valence-electron chi connectivity index (χ1n) is 13.4. The first-order valence-corrected chi connectivity index (χ1v) is 13.4. The Bertz CT molecular complexity index is 1180. The van der Waals surface area contributed by atoms with Crippen LogP contribution < -0.4 is 33.2 Å². The topological polar surface area (TPSA) is 236 Å². The zero-order chi connectivity index (χ0) is 29.8. The van der Waals surface area contributed by atoms with Gasteiger partial charge in [-0.1, -0.05) is 38.5 Å². The summed E-state index contributed by atoms with van der Waals surface area (Å²) in [7, 11) is 0. The highest BCUT2D eigenvalue weighted by Crippen LogP contribution is 2.19. The van der Waals surface area contributed by atoms with Crippen LogP contribution in [0.1, 0.15) is 51.5 Å². The van der Waals surface area contributed by atoms with Gasteiger partial charge in [0.2, 0.25) is 23.6 Å². The maximum Gasteiger partial charge on any atom is 0.326 e. The number of carbonyl (C=O) groups is 5. The van der Waals surface area contributed by atoms with Crippen LogP contribution >= 0.6 is 0 Å². The summed E-state index contributed by atoms with van der Waals surface area (Å²) in [6, 6.07) is 2.80. The summed E-state index contributed by atoms with van der Waals surface area (Å²) in [5.74, 6) is -4.63. The summed E-state index contributed by atoms with van der Waals surface area (Å²) in [4.78, 5) is 65.7. The quantitative estimate of drug-likeness (QED) is 0.119. The number of carbonyl (C=O) groups excluding carboxylic acids is 4. The van der Waals surface area contributed by atoms with Crippen molar-refractivity contribution in [2.24, 2.45) is 23.1 Å². The van der Waals surface area contributed by atoms with E-state index >= 15 is 0 Å². The Morgan fingerprint density at radius 2 is 1.65 bits per heavy atom. The Morgan fingerprint density at radius 3 is 2.27 bits per heavy atom. The van der Waals surface area contributed by atoms with E-state index in [-0.39, 0.29) is 12.8 Å². The molecule has 2 aromatic rings. The maximum absolute atomic E-state index is 13.2. The number of para-hydroxylation sites is 1. The number of fused-ring (bicyclic) bond motifs is 1. The van der Waals surface area contributed by atoms with Crippen molar-refractivity contribution >= 4 is 40.5 Å². The SMILES string of the molecule is CCC(C)C(NC(=O)C(CC(N)=O)NC(=O)C(N)Cc1c[nH]c2ccccc12)C(=O)NC(CCCCN)C(=O)O. The molecule has 0 saturated heterocycles. The molecule has 0 aliphatic rings. The number of benzene rings is 1. The van der Waals surface area contributed by atoms with Crippen LogP contribution in [0.2, 0.25) is 0 Å². The van der Waals surface area contributed by atoms with Gasteiger partial charge in [-0.15, -0.1) is 0 Å². The fourth-order valence-electron chi connectivity index (χ4n) is 4.29. The molecule has 13 nitrogen and oxygen atoms in total. The standard InChI is InChI=1S/C27H41N7O6/c1-3-15(2)23(26(38)32-20(27(39)40)10-6-7-11-28)34-25(37)21(13-22(30)35)33-24(36)18(29)12-16-14-31-19-9-5-4-8-17(16)19/h4-5,8-9,14-15,18,20-21,23,31H,3,6-7,10-13,28-29H2,1-2H3,(H2,30,35)(H,32,38)(H,33,36)(H,34,37)(H,39,40). The molecule has 1 aromatic carbocycles. The predicted molar refractivity (Wildman–Crippen MR) is 150 cm³/mol. The van der Waals surface area contributed by atoms with Gasteiger partial charge >= 0.3 is 5.97 Å². The lowest BCUT2D eigenvalue weighted by molar-refractivity contribution is -0.143. The molecule has 0 aliphatic heterocycles. The van der Waals surface area contributed by atoms with Crippen LogP contribution in [0.15, 0.2) is 30.5 Å². The van der Waals surface area contributed by atoms with Gasteiger partial charge in [0, 0.05) is 17.1 Å². The summed E-state index contributed by atoms with van der Waals surface area (Å²) in [6.07, 6.45) is 3.14. The highest BCUT2D eigenvalue weighted by molar-refractivity contribution is 5.96. The van der Waals surface area contributed by atoms with Gasteiger partial charge in [0.25, 0.3) is 0 Å². The van der Waals surface area contributed by atoms with Gasteiger partial charge in [0.15, 0.2) is 0 Å². The fraction of sp³-hybridized carbons (Fsp3) is 0.519. The zero-order valence-electron chi connectivity index (χ0n) is 22.9. The van der Waals surface area contributed by atoms with Crippen LogP contribution in [0.5, 0.6) is 0 Å². The third-order valence-electron chi connectivity index (χ3n) is 6.84. The number of hydrogen-bond acceptors (Lipinski definition) is 7. The van der Waals surface area contributed by atoms with Gasteiger partial charge < -0.3 is 43.2 Å². The molecule has 11 N–H and O–H groups in total. The first kappa shape index (κ1) is 32.2. The average Bonchev–Trinajstić information content (AvgIpc) is 3.32. The van der Waals surface area contributed by atoms with E-state index in [1.54, 1.807) is 20.0 Å². The number of aromatic amines is 1. The second-order valence-corrected chi connectivity index (χ2v) is 9.96. The number of aliphatic carboxylic acids is 1. The minimum absolute atomic E-state index is 0.166. The number of carboxylic acids is 1. The molecule has 0 bridgehead atoms. The summed E-state index contributed by atoms with van der Waals surface area (Å²) < 4.78 is 0. The number of primary amides is 1. The third-order valence-corrected chi connectivity index (χ3v) is 6.84. The molecule has 1 heterocycles. The van der Waals surface area contributed by atoms with E-state index in [2.05, 4.69) is 20.9 Å². The molecule has 0 aliphatic carbocycles. The third kappa shape index (κ3) is 9.35. The Labute approximate surface area is 233 Å². The van der Waals surface area contributed by atoms with Crippen molar-refractivity contribution < 1.29 is 29.1 Å². The normalized spacial score (nSPS) is 14.9. The van der Waals surface area contributed by atoms with E-state index in [4.69, 9.17) is 17.2 Å². The minimum Gasteiger partial charge on any atom is -0.480 e. The number of nitrogens with one attached hydrogen (secondary N) is 4. The van der Waals surface area contributed by atoms with Crippen molar-refractivity contribution in [1.29, 1.82) is 0 Å². The van der Waals surface area contributed by atoms with Gasteiger partial charge in [-0.05, 0) is 49.8 Å². The number of nitrogens with two attached hydrogens (primary N) is 3. The zero-order valence-corrected chi connectivity index (χ0v) is 22.9. The van der Waals surface area contributed by atoms with Crippen LogP contribution in [0.25, 0.3) is 10.9 Å². The van der Waals surface area contributed by atoms with E-state index in [0.717, 1.165) is 16.5 Å². The minimum atomic E-state index is -1.39. The van der Waals surface area contributed by atoms with Crippen molar-refractivity contribution in [2.75, 3.05) is 6.54 Å². The Kier molecular flexibility index (Phi) is 12.6. The second kappa shape index (κ2) is 15.6. The van der Waals surface area contributed by atoms with Crippen LogP contribution in [-0.4, -0.2) is 70.4 Å². The highest BCUT2D eigenvalue weighted by atomic mass is 16.4. The average molecular weight is 560 g/mol. The monoisotopic (exact) mass is 559 g/mol. The predicted octanol–water partition coefficient (Wildman–Crippen LogP) is -0.373. The van der Waals surface area contributed by atoms with E-state index in [9.17, 15) is 29.1 Å². The Morgan fingerprint density at radius 1 is 0.975 bits per heavy atom. The van der Waals surface area contributed by atoms with Crippen molar-refractivity contribution in [1.82, 2.24) is 20.9 Å². The van der Waals surface area contributed by atoms with Gasteiger partial charge in [-0.3, -0.25) is 19.2 Å². The van der Waals surface area contributed by atoms with Crippen molar-refractivity contribution in [3.05, 3.63) is 36.0 Å². The molecule has 2 rings (SSSR count). The molecule has 5 atom stereocenters. The molecular weight excluding hydrogens is 518 g/mol. The summed E-state index contributed by atoms with van der Waals surface area (Å²) in [5, 5.41) is 18.0. The largest absolute Gasteiger partial charge is 0.480 e. The molecule has 13 heteroatoms. The lowest BCUT2D eigenvalue weighted by Gasteiger charge is -2.28. The molecule has 5 unspecified atom stereocenters. The number of H-pyrrole nitrogens is 1. The number of rotatable bonds is 17. The molecule has 220 valence electrons. The van der Waals surface area contributed by atoms with Gasteiger partial charge in [0.05, 0.1) is 12.5 Å². The molecule has 4 amide bonds. The number of amides is 4.